The van der Waals surface area contributed by atoms with E-state index in [-0.39, 0.29) is 19.7 Å². The number of rotatable bonds is 4. The second-order valence-corrected chi connectivity index (χ2v) is 5.36. The molecule has 0 bridgehead atoms. The molecule has 0 saturated carbocycles. The summed E-state index contributed by atoms with van der Waals surface area (Å²) in [6.45, 7) is 0.0899. The molecule has 0 aromatic heterocycles. The van der Waals surface area contributed by atoms with E-state index in [2.05, 4.69) is 4.74 Å². The van der Waals surface area contributed by atoms with Crippen LogP contribution < -0.4 is 0 Å². The van der Waals surface area contributed by atoms with E-state index in [0.717, 1.165) is 0 Å². The first-order valence-electron chi connectivity index (χ1n) is 6.78. The molecule has 1 fully saturated rings. The number of benzene rings is 1. The zero-order valence-electron chi connectivity index (χ0n) is 11.9. The molecule has 1 heterocycles. The van der Waals surface area contributed by atoms with Crippen molar-refractivity contribution >= 4 is 17.0 Å². The molecule has 2 rings (SSSR count). The maximum absolute atomic E-state index is 12.9. The minimum Gasteiger partial charge on any atom is -0.439 e. The summed E-state index contributed by atoms with van der Waals surface area (Å²) >= 11 is 4.90. The fourth-order valence-corrected chi connectivity index (χ4v) is 2.41. The molecule has 1 saturated heterocycles. The highest BCUT2D eigenvalue weighted by atomic mass is 35.5. The number of hydrogen-bond donors (Lipinski definition) is 0. The Morgan fingerprint density at radius 1 is 1.39 bits per heavy atom. The van der Waals surface area contributed by atoms with E-state index in [0.29, 0.717) is 5.56 Å². The quantitative estimate of drug-likeness (QED) is 0.612. The lowest BCUT2D eigenvalue weighted by Gasteiger charge is -2.35. The number of nitrogens with zero attached hydrogens (tertiary/aromatic N) is 1. The smallest absolute Gasteiger partial charge is 0.426 e. The summed E-state index contributed by atoms with van der Waals surface area (Å²) in [7, 11) is 0. The van der Waals surface area contributed by atoms with Crippen molar-refractivity contribution in [3.63, 3.8) is 0 Å². The second-order valence-electron chi connectivity index (χ2n) is 5.06. The van der Waals surface area contributed by atoms with Gasteiger partial charge in [-0.15, -0.1) is 0 Å². The molecule has 2 atom stereocenters. The van der Waals surface area contributed by atoms with Crippen LogP contribution in [0, 0.1) is 5.82 Å². The molecule has 4 nitrogen and oxygen atoms in total. The summed E-state index contributed by atoms with van der Waals surface area (Å²) in [5, 5.41) is 0. The maximum atomic E-state index is 12.9. The summed E-state index contributed by atoms with van der Waals surface area (Å²) in [6, 6.07) is 5.55. The second kappa shape index (κ2) is 7.46. The largest absolute Gasteiger partial charge is 0.439 e. The first-order valence-corrected chi connectivity index (χ1v) is 7.16. The van der Waals surface area contributed by atoms with E-state index in [1.165, 1.54) is 29.2 Å². The van der Waals surface area contributed by atoms with Crippen LogP contribution in [0.3, 0.4) is 0 Å². The Morgan fingerprint density at radius 3 is 2.61 bits per heavy atom. The van der Waals surface area contributed by atoms with Gasteiger partial charge in [-0.3, -0.25) is 4.90 Å². The molecule has 128 valence electrons. The maximum Gasteiger partial charge on any atom is 0.426 e. The number of hydrogen-bond acceptors (Lipinski definition) is 4. The normalized spacial score (nSPS) is 21.0. The third-order valence-corrected chi connectivity index (χ3v) is 3.51. The molecular formula is C14H14ClF4NO3. The third-order valence-electron chi connectivity index (χ3n) is 3.42. The minimum absolute atomic E-state index is 0.165. The molecule has 9 heteroatoms. The van der Waals surface area contributed by atoms with Crippen molar-refractivity contribution in [2.45, 2.75) is 18.4 Å². The van der Waals surface area contributed by atoms with Crippen molar-refractivity contribution < 1.29 is 31.8 Å². The van der Waals surface area contributed by atoms with Gasteiger partial charge in [0.05, 0.1) is 12.7 Å². The average Bonchev–Trinajstić information content (AvgIpc) is 2.46. The zero-order chi connectivity index (χ0) is 17.0. The highest BCUT2D eigenvalue weighted by Gasteiger charge is 2.44. The Labute approximate surface area is 134 Å². The van der Waals surface area contributed by atoms with Gasteiger partial charge in [0.15, 0.2) is 0 Å². The molecule has 1 aliphatic heterocycles. The molecule has 0 spiro atoms. The van der Waals surface area contributed by atoms with E-state index in [1.807, 2.05) is 0 Å². The molecule has 0 amide bonds. The standard InChI is InChI=1S/C14H14ClF4NO3/c15-13(21)23-12(14(17,18)19)8-20-5-6-22-11(7-20)9-1-3-10(16)4-2-9/h1-4,11-12H,5-8H2. The lowest BCUT2D eigenvalue weighted by atomic mass is 10.1. The molecule has 0 N–H and O–H groups in total. The Kier molecular flexibility index (Phi) is 5.83. The average molecular weight is 356 g/mol. The number of morpholine rings is 1. The summed E-state index contributed by atoms with van der Waals surface area (Å²) in [5.41, 5.74) is -0.843. The molecule has 23 heavy (non-hydrogen) atoms. The van der Waals surface area contributed by atoms with E-state index >= 15 is 0 Å². The number of carbonyl (C=O) groups is 1. The Hall–Kier alpha value is -1.38. The van der Waals surface area contributed by atoms with Gasteiger partial charge in [-0.25, -0.2) is 9.18 Å². The summed E-state index contributed by atoms with van der Waals surface area (Å²) in [4.78, 5) is 12.1. The van der Waals surface area contributed by atoms with Crippen molar-refractivity contribution in [2.75, 3.05) is 26.2 Å². The summed E-state index contributed by atoms with van der Waals surface area (Å²) in [6.07, 6.45) is -7.50. The highest BCUT2D eigenvalue weighted by molar-refractivity contribution is 6.61. The minimum atomic E-state index is -4.71. The number of alkyl halides is 3. The predicted molar refractivity (Wildman–Crippen MR) is 73.7 cm³/mol. The van der Waals surface area contributed by atoms with Gasteiger partial charge < -0.3 is 9.47 Å². The van der Waals surface area contributed by atoms with Crippen molar-refractivity contribution in [1.29, 1.82) is 0 Å². The Balaban J connectivity index is 2.02. The third kappa shape index (κ3) is 5.33. The Bertz CT molecular complexity index is 538. The fraction of sp³-hybridized carbons (Fsp3) is 0.500. The van der Waals surface area contributed by atoms with Crippen molar-refractivity contribution in [2.24, 2.45) is 0 Å². The molecule has 1 aromatic carbocycles. The molecule has 2 unspecified atom stereocenters. The lowest BCUT2D eigenvalue weighted by Crippen LogP contribution is -2.47. The van der Waals surface area contributed by atoms with Crippen LogP contribution in [0.15, 0.2) is 24.3 Å². The van der Waals surface area contributed by atoms with Crippen LogP contribution in [0.25, 0.3) is 0 Å². The number of halogens is 5. The molecule has 1 aromatic rings. The molecule has 1 aliphatic rings. The number of carbonyl (C=O) groups excluding carboxylic acids is 1. The molecular weight excluding hydrogens is 342 g/mol. The monoisotopic (exact) mass is 355 g/mol. The predicted octanol–water partition coefficient (Wildman–Crippen LogP) is 3.51. The highest BCUT2D eigenvalue weighted by Crippen LogP contribution is 2.27. The van der Waals surface area contributed by atoms with Gasteiger partial charge in [0, 0.05) is 31.2 Å². The first kappa shape index (κ1) is 18.0. The molecule has 0 aliphatic carbocycles. The van der Waals surface area contributed by atoms with Crippen molar-refractivity contribution in [3.8, 4) is 0 Å². The van der Waals surface area contributed by atoms with Crippen LogP contribution in [0.5, 0.6) is 0 Å². The zero-order valence-corrected chi connectivity index (χ0v) is 12.6. The van der Waals surface area contributed by atoms with Crippen molar-refractivity contribution in [3.05, 3.63) is 35.6 Å². The van der Waals surface area contributed by atoms with Gasteiger partial charge in [0.1, 0.15) is 5.82 Å². The van der Waals surface area contributed by atoms with Gasteiger partial charge in [0.25, 0.3) is 0 Å². The van der Waals surface area contributed by atoms with E-state index < -0.39 is 36.2 Å². The topological polar surface area (TPSA) is 38.8 Å². The van der Waals surface area contributed by atoms with Crippen LogP contribution in [-0.2, 0) is 9.47 Å². The SMILES string of the molecule is O=C(Cl)OC(CN1CCOC(c2ccc(F)cc2)C1)C(F)(F)F. The summed E-state index contributed by atoms with van der Waals surface area (Å²) in [5.74, 6) is -0.410. The van der Waals surface area contributed by atoms with E-state index in [9.17, 15) is 22.4 Å². The lowest BCUT2D eigenvalue weighted by molar-refractivity contribution is -0.208. The van der Waals surface area contributed by atoms with Gasteiger partial charge in [-0.2, -0.15) is 13.2 Å². The van der Waals surface area contributed by atoms with Crippen LogP contribution in [0.4, 0.5) is 22.4 Å². The number of ether oxygens (including phenoxy) is 2. The van der Waals surface area contributed by atoms with E-state index in [1.54, 1.807) is 0 Å². The van der Waals surface area contributed by atoms with Crippen LogP contribution in [-0.4, -0.2) is 48.8 Å². The first-order chi connectivity index (χ1) is 10.8. The van der Waals surface area contributed by atoms with Crippen molar-refractivity contribution in [1.82, 2.24) is 4.90 Å². The fourth-order valence-electron chi connectivity index (χ4n) is 2.30. The van der Waals surface area contributed by atoms with Gasteiger partial charge in [-0.05, 0) is 17.7 Å². The molecule has 0 radical (unpaired) electrons. The van der Waals surface area contributed by atoms with Crippen LogP contribution >= 0.6 is 11.6 Å². The van der Waals surface area contributed by atoms with Gasteiger partial charge >= 0.3 is 11.6 Å². The van der Waals surface area contributed by atoms with Gasteiger partial charge in [-0.1, -0.05) is 12.1 Å². The summed E-state index contributed by atoms with van der Waals surface area (Å²) < 4.78 is 61.2. The van der Waals surface area contributed by atoms with E-state index in [4.69, 9.17) is 16.3 Å². The van der Waals surface area contributed by atoms with Crippen LogP contribution in [0.1, 0.15) is 11.7 Å². The van der Waals surface area contributed by atoms with Crippen LogP contribution in [0.2, 0.25) is 0 Å². The van der Waals surface area contributed by atoms with Gasteiger partial charge in [0.2, 0.25) is 6.10 Å². The Morgan fingerprint density at radius 2 is 2.04 bits per heavy atom.